The number of aromatic nitrogens is 1. The minimum Gasteiger partial charge on any atom is -0.461 e. The van der Waals surface area contributed by atoms with E-state index in [0.717, 1.165) is 25.7 Å². The second-order valence-electron chi connectivity index (χ2n) is 8.60. The van der Waals surface area contributed by atoms with Gasteiger partial charge in [0, 0.05) is 18.2 Å². The van der Waals surface area contributed by atoms with E-state index in [0.29, 0.717) is 34.7 Å². The third-order valence-electron chi connectivity index (χ3n) is 6.15. The Balaban J connectivity index is 1.56. The molecule has 5 nitrogen and oxygen atoms in total. The van der Waals surface area contributed by atoms with Crippen LogP contribution in [0.25, 0.3) is 11.5 Å². The van der Waals surface area contributed by atoms with Crippen LogP contribution >= 0.6 is 0 Å². The Hall–Kier alpha value is -2.04. The Morgan fingerprint density at radius 1 is 1.12 bits per heavy atom. The molecule has 0 radical (unpaired) electrons. The van der Waals surface area contributed by atoms with Crippen molar-refractivity contribution in [2.24, 2.45) is 5.41 Å². The van der Waals surface area contributed by atoms with E-state index in [9.17, 15) is 4.79 Å². The lowest BCUT2D eigenvalue weighted by molar-refractivity contribution is 0.0424. The monoisotopic (exact) mass is 356 g/mol. The second kappa shape index (κ2) is 6.93. The molecule has 2 aromatic heterocycles. The van der Waals surface area contributed by atoms with Crippen LogP contribution in [0.2, 0.25) is 0 Å². The molecule has 2 saturated carbocycles. The molecule has 0 spiro atoms. The molecule has 4 rings (SSSR count). The minimum absolute atomic E-state index is 0.0168. The first-order valence-electron chi connectivity index (χ1n) is 9.87. The summed E-state index contributed by atoms with van der Waals surface area (Å²) in [6.07, 6.45) is 10.7. The summed E-state index contributed by atoms with van der Waals surface area (Å²) in [5.41, 5.74) is 0.787. The van der Waals surface area contributed by atoms with Gasteiger partial charge in [0.15, 0.2) is 11.5 Å². The number of amides is 1. The highest BCUT2D eigenvalue weighted by Gasteiger charge is 2.38. The van der Waals surface area contributed by atoms with E-state index in [2.05, 4.69) is 23.9 Å². The maximum atomic E-state index is 13.3. The van der Waals surface area contributed by atoms with E-state index in [1.54, 1.807) is 18.4 Å². The van der Waals surface area contributed by atoms with Crippen molar-refractivity contribution in [2.75, 3.05) is 0 Å². The van der Waals surface area contributed by atoms with E-state index < -0.39 is 0 Å². The first-order valence-corrected chi connectivity index (χ1v) is 9.87. The Bertz CT molecular complexity index is 731. The Kier molecular flexibility index (Phi) is 4.63. The predicted octanol–water partition coefficient (Wildman–Crippen LogP) is 5.29. The van der Waals surface area contributed by atoms with E-state index in [1.165, 1.54) is 25.7 Å². The van der Waals surface area contributed by atoms with Crippen molar-refractivity contribution >= 4 is 5.91 Å². The van der Waals surface area contributed by atoms with Gasteiger partial charge in [-0.3, -0.25) is 4.79 Å². The van der Waals surface area contributed by atoms with Crippen LogP contribution in [0.3, 0.4) is 0 Å². The molecule has 0 N–H and O–H groups in total. The molecule has 2 aromatic rings. The average Bonchev–Trinajstić information content (AvgIpc) is 3.38. The van der Waals surface area contributed by atoms with E-state index in [1.807, 2.05) is 6.07 Å². The van der Waals surface area contributed by atoms with Crippen LogP contribution in [0.1, 0.15) is 75.7 Å². The van der Waals surface area contributed by atoms with Crippen molar-refractivity contribution in [2.45, 2.75) is 77.3 Å². The summed E-state index contributed by atoms with van der Waals surface area (Å²) in [6.45, 7) is 4.66. The van der Waals surface area contributed by atoms with Gasteiger partial charge in [0.2, 0.25) is 5.76 Å². The van der Waals surface area contributed by atoms with Crippen LogP contribution < -0.4 is 0 Å². The van der Waals surface area contributed by atoms with Gasteiger partial charge in [-0.05, 0) is 56.1 Å². The predicted molar refractivity (Wildman–Crippen MR) is 98.7 cm³/mol. The average molecular weight is 356 g/mol. The van der Waals surface area contributed by atoms with E-state index in [-0.39, 0.29) is 5.91 Å². The van der Waals surface area contributed by atoms with Gasteiger partial charge in [0.1, 0.15) is 0 Å². The van der Waals surface area contributed by atoms with Crippen molar-refractivity contribution in [3.05, 3.63) is 30.2 Å². The number of hydrogen-bond acceptors (Lipinski definition) is 4. The molecule has 0 unspecified atom stereocenters. The van der Waals surface area contributed by atoms with Crippen molar-refractivity contribution in [3.8, 4) is 11.5 Å². The number of rotatable bonds is 4. The van der Waals surface area contributed by atoms with Crippen molar-refractivity contribution in [1.82, 2.24) is 10.1 Å². The summed E-state index contributed by atoms with van der Waals surface area (Å²) in [4.78, 5) is 15.5. The van der Waals surface area contributed by atoms with Crippen LogP contribution in [0, 0.1) is 5.41 Å². The number of nitrogens with zero attached hydrogens (tertiary/aromatic N) is 2. The van der Waals surface area contributed by atoms with Gasteiger partial charge < -0.3 is 13.8 Å². The van der Waals surface area contributed by atoms with Gasteiger partial charge in [0.05, 0.1) is 6.26 Å². The molecule has 5 heteroatoms. The summed E-state index contributed by atoms with van der Waals surface area (Å²) in [7, 11) is 0. The van der Waals surface area contributed by atoms with Crippen LogP contribution in [-0.2, 0) is 0 Å². The first-order chi connectivity index (χ1) is 12.5. The lowest BCUT2D eigenvalue weighted by atomic mass is 9.75. The lowest BCUT2D eigenvalue weighted by Crippen LogP contribution is -2.48. The number of carbonyl (C=O) groups excluding carboxylic acids is 1. The quantitative estimate of drug-likeness (QED) is 0.747. The van der Waals surface area contributed by atoms with Crippen LogP contribution in [0.5, 0.6) is 0 Å². The Morgan fingerprint density at radius 3 is 2.46 bits per heavy atom. The zero-order valence-corrected chi connectivity index (χ0v) is 15.7. The fourth-order valence-electron chi connectivity index (χ4n) is 4.52. The van der Waals surface area contributed by atoms with Gasteiger partial charge in [-0.1, -0.05) is 31.8 Å². The van der Waals surface area contributed by atoms with Gasteiger partial charge in [-0.15, -0.1) is 0 Å². The maximum Gasteiger partial charge on any atom is 0.276 e. The van der Waals surface area contributed by atoms with Crippen molar-refractivity contribution < 1.29 is 13.7 Å². The summed E-state index contributed by atoms with van der Waals surface area (Å²) >= 11 is 0. The standard InChI is InChI=1S/C21H28N2O3/c1-21(2)11-9-16(10-12-21)23(15-6-3-4-7-15)20(24)17-14-19(26-22-17)18-8-5-13-25-18/h5,8,13-16H,3-4,6-7,9-12H2,1-2H3. The Labute approximate surface area is 154 Å². The van der Waals surface area contributed by atoms with Crippen LogP contribution in [0.15, 0.2) is 33.4 Å². The molecular formula is C21H28N2O3. The summed E-state index contributed by atoms with van der Waals surface area (Å²) in [6, 6.07) is 6.00. The fraction of sp³-hybridized carbons (Fsp3) is 0.619. The van der Waals surface area contributed by atoms with Gasteiger partial charge in [-0.25, -0.2) is 0 Å². The number of furan rings is 1. The highest BCUT2D eigenvalue weighted by atomic mass is 16.5. The molecule has 0 atom stereocenters. The molecule has 2 aliphatic rings. The van der Waals surface area contributed by atoms with Crippen LogP contribution in [0.4, 0.5) is 0 Å². The third-order valence-corrected chi connectivity index (χ3v) is 6.15. The third kappa shape index (κ3) is 3.44. The fourth-order valence-corrected chi connectivity index (χ4v) is 4.52. The summed E-state index contributed by atoms with van der Waals surface area (Å²) in [5, 5.41) is 4.06. The highest BCUT2D eigenvalue weighted by Crippen LogP contribution is 2.39. The zero-order chi connectivity index (χ0) is 18.1. The molecule has 0 aromatic carbocycles. The molecule has 0 bridgehead atoms. The molecule has 140 valence electrons. The number of hydrogen-bond donors (Lipinski definition) is 0. The lowest BCUT2D eigenvalue weighted by Gasteiger charge is -2.42. The van der Waals surface area contributed by atoms with Gasteiger partial charge in [0.25, 0.3) is 5.91 Å². The molecule has 2 heterocycles. The summed E-state index contributed by atoms with van der Waals surface area (Å²) in [5.74, 6) is 1.13. The van der Waals surface area contributed by atoms with Crippen molar-refractivity contribution in [1.29, 1.82) is 0 Å². The zero-order valence-electron chi connectivity index (χ0n) is 15.7. The molecule has 2 aliphatic carbocycles. The van der Waals surface area contributed by atoms with Crippen LogP contribution in [-0.4, -0.2) is 28.0 Å². The molecule has 2 fully saturated rings. The SMILES string of the molecule is CC1(C)CCC(N(C(=O)c2cc(-c3ccco3)on2)C2CCCC2)CC1. The molecule has 1 amide bonds. The van der Waals surface area contributed by atoms with Gasteiger partial charge in [-0.2, -0.15) is 0 Å². The number of carbonyl (C=O) groups is 1. The highest BCUT2D eigenvalue weighted by molar-refractivity contribution is 5.93. The normalized spacial score (nSPS) is 21.2. The topological polar surface area (TPSA) is 59.5 Å². The molecular weight excluding hydrogens is 328 g/mol. The second-order valence-corrected chi connectivity index (χ2v) is 8.60. The molecule has 26 heavy (non-hydrogen) atoms. The molecule has 0 aliphatic heterocycles. The van der Waals surface area contributed by atoms with Gasteiger partial charge >= 0.3 is 0 Å². The Morgan fingerprint density at radius 2 is 1.81 bits per heavy atom. The van der Waals surface area contributed by atoms with E-state index >= 15 is 0 Å². The molecule has 0 saturated heterocycles. The van der Waals surface area contributed by atoms with Crippen molar-refractivity contribution in [3.63, 3.8) is 0 Å². The largest absolute Gasteiger partial charge is 0.461 e. The summed E-state index contributed by atoms with van der Waals surface area (Å²) < 4.78 is 10.7. The smallest absolute Gasteiger partial charge is 0.276 e. The van der Waals surface area contributed by atoms with E-state index in [4.69, 9.17) is 8.94 Å². The maximum absolute atomic E-state index is 13.3. The minimum atomic E-state index is 0.0168. The first kappa shape index (κ1) is 17.4.